The highest BCUT2D eigenvalue weighted by Gasteiger charge is 2.15. The standard InChI is InChI=1S/C16H16Br2O2/c1-3-20-13-7-4-11(5-8-13)16(18)14-10-12(17)6-9-15(14)19-2/h4-10,16H,3H2,1-2H3. The second-order valence-corrected chi connectivity index (χ2v) is 6.08. The van der Waals surface area contributed by atoms with Crippen LogP contribution in [-0.2, 0) is 0 Å². The summed E-state index contributed by atoms with van der Waals surface area (Å²) in [6, 6.07) is 14.1. The first-order chi connectivity index (χ1) is 9.65. The zero-order chi connectivity index (χ0) is 14.5. The van der Waals surface area contributed by atoms with Gasteiger partial charge in [-0.3, -0.25) is 0 Å². The van der Waals surface area contributed by atoms with Crippen LogP contribution in [0.5, 0.6) is 11.5 Å². The summed E-state index contributed by atoms with van der Waals surface area (Å²) in [6.45, 7) is 2.66. The Balaban J connectivity index is 2.30. The molecule has 1 unspecified atom stereocenters. The van der Waals surface area contributed by atoms with Crippen molar-refractivity contribution in [1.82, 2.24) is 0 Å². The van der Waals surface area contributed by atoms with Crippen LogP contribution in [0.3, 0.4) is 0 Å². The van der Waals surface area contributed by atoms with Gasteiger partial charge in [0.05, 0.1) is 18.5 Å². The first kappa shape index (κ1) is 15.4. The lowest BCUT2D eigenvalue weighted by atomic mass is 10.0. The summed E-state index contributed by atoms with van der Waals surface area (Å²) < 4.78 is 11.9. The van der Waals surface area contributed by atoms with Crippen molar-refractivity contribution >= 4 is 31.9 Å². The van der Waals surface area contributed by atoms with Crippen molar-refractivity contribution in [3.05, 3.63) is 58.1 Å². The van der Waals surface area contributed by atoms with E-state index in [1.54, 1.807) is 7.11 Å². The highest BCUT2D eigenvalue weighted by Crippen LogP contribution is 2.38. The predicted molar refractivity (Wildman–Crippen MR) is 89.1 cm³/mol. The van der Waals surface area contributed by atoms with Crippen LogP contribution in [0, 0.1) is 0 Å². The monoisotopic (exact) mass is 398 g/mol. The zero-order valence-corrected chi connectivity index (χ0v) is 14.6. The topological polar surface area (TPSA) is 18.5 Å². The van der Waals surface area contributed by atoms with E-state index in [1.807, 2.05) is 31.2 Å². The Kier molecular flexibility index (Phi) is 5.49. The van der Waals surface area contributed by atoms with Crippen LogP contribution in [0.2, 0.25) is 0 Å². The lowest BCUT2D eigenvalue weighted by Crippen LogP contribution is -1.98. The largest absolute Gasteiger partial charge is 0.496 e. The van der Waals surface area contributed by atoms with Gasteiger partial charge in [0.15, 0.2) is 0 Å². The number of hydrogen-bond acceptors (Lipinski definition) is 2. The Labute approximate surface area is 136 Å². The minimum absolute atomic E-state index is 0.0747. The first-order valence-electron chi connectivity index (χ1n) is 6.36. The van der Waals surface area contributed by atoms with Gasteiger partial charge >= 0.3 is 0 Å². The van der Waals surface area contributed by atoms with Crippen LogP contribution in [0.15, 0.2) is 46.9 Å². The summed E-state index contributed by atoms with van der Waals surface area (Å²) in [5.74, 6) is 1.75. The van der Waals surface area contributed by atoms with Crippen molar-refractivity contribution in [3.63, 3.8) is 0 Å². The molecule has 2 aromatic rings. The molecular weight excluding hydrogens is 384 g/mol. The van der Waals surface area contributed by atoms with Gasteiger partial charge in [0, 0.05) is 10.0 Å². The molecule has 0 aliphatic heterocycles. The Bertz CT molecular complexity index is 567. The van der Waals surface area contributed by atoms with Gasteiger partial charge in [-0.15, -0.1) is 0 Å². The van der Waals surface area contributed by atoms with Gasteiger partial charge in [-0.2, -0.15) is 0 Å². The Morgan fingerprint density at radius 3 is 2.40 bits per heavy atom. The third-order valence-corrected chi connectivity index (χ3v) is 4.46. The number of halogens is 2. The fourth-order valence-electron chi connectivity index (χ4n) is 1.98. The molecule has 20 heavy (non-hydrogen) atoms. The zero-order valence-electron chi connectivity index (χ0n) is 11.4. The van der Waals surface area contributed by atoms with Gasteiger partial charge in [-0.1, -0.05) is 44.0 Å². The van der Waals surface area contributed by atoms with Gasteiger partial charge in [-0.25, -0.2) is 0 Å². The minimum atomic E-state index is 0.0747. The molecule has 0 heterocycles. The summed E-state index contributed by atoms with van der Waals surface area (Å²) >= 11 is 7.24. The van der Waals surface area contributed by atoms with Crippen molar-refractivity contribution in [3.8, 4) is 11.5 Å². The van der Waals surface area contributed by atoms with Gasteiger partial charge < -0.3 is 9.47 Å². The van der Waals surface area contributed by atoms with Crippen LogP contribution in [0.1, 0.15) is 22.9 Å². The summed E-state index contributed by atoms with van der Waals surface area (Å²) in [5, 5.41) is 0. The third kappa shape index (κ3) is 3.55. The van der Waals surface area contributed by atoms with Crippen LogP contribution < -0.4 is 9.47 Å². The maximum atomic E-state index is 5.46. The molecule has 0 bridgehead atoms. The number of methoxy groups -OCH3 is 1. The van der Waals surface area contributed by atoms with Crippen molar-refractivity contribution in [1.29, 1.82) is 0 Å². The molecule has 2 rings (SSSR count). The highest BCUT2D eigenvalue weighted by atomic mass is 79.9. The third-order valence-electron chi connectivity index (χ3n) is 2.95. The lowest BCUT2D eigenvalue weighted by molar-refractivity contribution is 0.340. The second kappa shape index (κ2) is 7.14. The normalized spacial score (nSPS) is 12.0. The second-order valence-electron chi connectivity index (χ2n) is 4.25. The maximum absolute atomic E-state index is 5.46. The van der Waals surface area contributed by atoms with E-state index in [9.17, 15) is 0 Å². The predicted octanol–water partition coefficient (Wildman–Crippen LogP) is 5.34. The van der Waals surface area contributed by atoms with E-state index in [-0.39, 0.29) is 4.83 Å². The number of ether oxygens (including phenoxy) is 2. The molecule has 0 radical (unpaired) electrons. The molecule has 0 aliphatic rings. The highest BCUT2D eigenvalue weighted by molar-refractivity contribution is 9.10. The number of hydrogen-bond donors (Lipinski definition) is 0. The number of benzene rings is 2. The molecule has 106 valence electrons. The summed E-state index contributed by atoms with van der Waals surface area (Å²) in [4.78, 5) is 0.0747. The Morgan fingerprint density at radius 2 is 1.80 bits per heavy atom. The molecule has 0 amide bonds. The van der Waals surface area contributed by atoms with E-state index in [4.69, 9.17) is 9.47 Å². The van der Waals surface area contributed by atoms with Crippen molar-refractivity contribution in [2.75, 3.05) is 13.7 Å². The van der Waals surface area contributed by atoms with Crippen LogP contribution in [0.25, 0.3) is 0 Å². The number of rotatable bonds is 5. The van der Waals surface area contributed by atoms with Crippen LogP contribution >= 0.6 is 31.9 Å². The molecular formula is C16H16Br2O2. The van der Waals surface area contributed by atoms with Gasteiger partial charge in [0.25, 0.3) is 0 Å². The Hall–Kier alpha value is -1.00. The van der Waals surface area contributed by atoms with Crippen LogP contribution in [-0.4, -0.2) is 13.7 Å². The fraction of sp³-hybridized carbons (Fsp3) is 0.250. The summed E-state index contributed by atoms with van der Waals surface area (Å²) in [6.07, 6.45) is 0. The lowest BCUT2D eigenvalue weighted by Gasteiger charge is -2.15. The molecule has 0 spiro atoms. The molecule has 4 heteroatoms. The average Bonchev–Trinajstić information content (AvgIpc) is 2.47. The Morgan fingerprint density at radius 1 is 1.10 bits per heavy atom. The van der Waals surface area contributed by atoms with E-state index in [0.29, 0.717) is 6.61 Å². The van der Waals surface area contributed by atoms with E-state index in [1.165, 1.54) is 0 Å². The molecule has 2 aromatic carbocycles. The fourth-order valence-corrected chi connectivity index (χ4v) is 3.02. The summed E-state index contributed by atoms with van der Waals surface area (Å²) in [5.41, 5.74) is 2.25. The molecule has 0 aliphatic carbocycles. The van der Waals surface area contributed by atoms with Gasteiger partial charge in [-0.05, 0) is 42.8 Å². The smallest absolute Gasteiger partial charge is 0.123 e. The molecule has 0 N–H and O–H groups in total. The molecule has 0 aromatic heterocycles. The van der Waals surface area contributed by atoms with Crippen molar-refractivity contribution in [2.24, 2.45) is 0 Å². The average molecular weight is 400 g/mol. The van der Waals surface area contributed by atoms with Crippen LogP contribution in [0.4, 0.5) is 0 Å². The van der Waals surface area contributed by atoms with E-state index < -0.39 is 0 Å². The summed E-state index contributed by atoms with van der Waals surface area (Å²) in [7, 11) is 1.69. The minimum Gasteiger partial charge on any atom is -0.496 e. The molecule has 0 fully saturated rings. The SMILES string of the molecule is CCOc1ccc(C(Br)c2cc(Br)ccc2OC)cc1. The van der Waals surface area contributed by atoms with Crippen molar-refractivity contribution in [2.45, 2.75) is 11.8 Å². The van der Waals surface area contributed by atoms with Gasteiger partial charge in [0.2, 0.25) is 0 Å². The molecule has 0 saturated heterocycles. The molecule has 2 nitrogen and oxygen atoms in total. The van der Waals surface area contributed by atoms with Gasteiger partial charge in [0.1, 0.15) is 11.5 Å². The number of alkyl halides is 1. The van der Waals surface area contributed by atoms with E-state index >= 15 is 0 Å². The quantitative estimate of drug-likeness (QED) is 0.631. The van der Waals surface area contributed by atoms with E-state index in [0.717, 1.165) is 27.1 Å². The molecule has 1 atom stereocenters. The van der Waals surface area contributed by atoms with E-state index in [2.05, 4.69) is 50.1 Å². The maximum Gasteiger partial charge on any atom is 0.123 e. The molecule has 0 saturated carbocycles. The first-order valence-corrected chi connectivity index (χ1v) is 8.06. The van der Waals surface area contributed by atoms with Crippen molar-refractivity contribution < 1.29 is 9.47 Å².